The zero-order valence-corrected chi connectivity index (χ0v) is 23.9. The number of carbonyl (C=O) groups excluding carboxylic acids is 2. The Labute approximate surface area is 217 Å². The SMILES string of the molecule is CO[C@]1(C)C[C@@H](C)C(=O)C(C)C(O)[C@](C)(O)[C@@H](C)OC(=O)C(C)[C@@H](O[C@H]2CC(C)CC(C)O2)[C@H](C)C1. The highest BCUT2D eigenvalue weighted by Gasteiger charge is 2.47. The van der Waals surface area contributed by atoms with Crippen molar-refractivity contribution < 1.29 is 38.7 Å². The van der Waals surface area contributed by atoms with Gasteiger partial charge in [-0.05, 0) is 65.7 Å². The van der Waals surface area contributed by atoms with Gasteiger partial charge in [-0.15, -0.1) is 0 Å². The van der Waals surface area contributed by atoms with Crippen molar-refractivity contribution in [2.75, 3.05) is 7.11 Å². The minimum Gasteiger partial charge on any atom is -0.459 e. The molecule has 0 aromatic carbocycles. The first kappa shape index (κ1) is 31.2. The van der Waals surface area contributed by atoms with Crippen LogP contribution in [0.4, 0.5) is 0 Å². The molecule has 2 aliphatic rings. The number of methoxy groups -OCH3 is 1. The molecule has 0 aromatic rings. The third kappa shape index (κ3) is 7.28. The van der Waals surface area contributed by atoms with Gasteiger partial charge in [-0.3, -0.25) is 9.59 Å². The minimum atomic E-state index is -1.82. The summed E-state index contributed by atoms with van der Waals surface area (Å²) in [5.74, 6) is -2.32. The second-order valence-electron chi connectivity index (χ2n) is 12.2. The monoisotopic (exact) mass is 514 g/mol. The van der Waals surface area contributed by atoms with Crippen LogP contribution >= 0.6 is 0 Å². The van der Waals surface area contributed by atoms with Crippen molar-refractivity contribution >= 4 is 11.8 Å². The summed E-state index contributed by atoms with van der Waals surface area (Å²) < 4.78 is 24.1. The Kier molecular flexibility index (Phi) is 10.6. The molecule has 2 fully saturated rings. The summed E-state index contributed by atoms with van der Waals surface area (Å²) in [4.78, 5) is 26.5. The van der Waals surface area contributed by atoms with E-state index >= 15 is 0 Å². The van der Waals surface area contributed by atoms with Crippen LogP contribution in [0.15, 0.2) is 0 Å². The van der Waals surface area contributed by atoms with Gasteiger partial charge in [0, 0.05) is 25.4 Å². The molecule has 0 amide bonds. The summed E-state index contributed by atoms with van der Waals surface area (Å²) in [5.41, 5.74) is -2.49. The lowest BCUT2D eigenvalue weighted by Crippen LogP contribution is -2.55. The number of hydrogen-bond donors (Lipinski definition) is 2. The van der Waals surface area contributed by atoms with Gasteiger partial charge in [-0.2, -0.15) is 0 Å². The van der Waals surface area contributed by atoms with Gasteiger partial charge < -0.3 is 29.2 Å². The molecule has 0 bridgehead atoms. The van der Waals surface area contributed by atoms with Crippen LogP contribution in [0.2, 0.25) is 0 Å². The van der Waals surface area contributed by atoms with Crippen LogP contribution in [0.3, 0.4) is 0 Å². The van der Waals surface area contributed by atoms with Gasteiger partial charge in [0.1, 0.15) is 17.5 Å². The largest absolute Gasteiger partial charge is 0.459 e. The van der Waals surface area contributed by atoms with E-state index in [1.54, 1.807) is 21.0 Å². The molecule has 0 aromatic heterocycles. The van der Waals surface area contributed by atoms with Gasteiger partial charge in [0.05, 0.1) is 29.8 Å². The van der Waals surface area contributed by atoms with Crippen molar-refractivity contribution in [3.05, 3.63) is 0 Å². The maximum Gasteiger partial charge on any atom is 0.311 e. The fraction of sp³-hybridized carbons (Fsp3) is 0.929. The average molecular weight is 515 g/mol. The van der Waals surface area contributed by atoms with E-state index in [9.17, 15) is 19.8 Å². The molecule has 0 spiro atoms. The summed E-state index contributed by atoms with van der Waals surface area (Å²) >= 11 is 0. The maximum atomic E-state index is 13.3. The molecule has 8 heteroatoms. The van der Waals surface area contributed by atoms with Crippen LogP contribution in [0.1, 0.15) is 88.0 Å². The van der Waals surface area contributed by atoms with E-state index in [-0.39, 0.29) is 17.8 Å². The molecule has 2 saturated heterocycles. The Bertz CT molecular complexity index is 744. The normalized spacial score (nSPS) is 48.2. The molecule has 2 rings (SSSR count). The number of hydrogen-bond acceptors (Lipinski definition) is 8. The third-order valence-corrected chi connectivity index (χ3v) is 8.55. The van der Waals surface area contributed by atoms with Gasteiger partial charge in [0.15, 0.2) is 6.29 Å². The zero-order valence-electron chi connectivity index (χ0n) is 23.9. The molecule has 2 aliphatic heterocycles. The number of ether oxygens (including phenoxy) is 4. The number of esters is 1. The van der Waals surface area contributed by atoms with E-state index in [0.29, 0.717) is 18.8 Å². The molecule has 36 heavy (non-hydrogen) atoms. The molecule has 0 aliphatic carbocycles. The van der Waals surface area contributed by atoms with E-state index in [0.717, 1.165) is 12.8 Å². The highest BCUT2D eigenvalue weighted by atomic mass is 16.7. The second kappa shape index (κ2) is 12.2. The quantitative estimate of drug-likeness (QED) is 0.546. The Morgan fingerprint density at radius 3 is 2.11 bits per heavy atom. The van der Waals surface area contributed by atoms with Crippen molar-refractivity contribution in [2.45, 2.75) is 130 Å². The van der Waals surface area contributed by atoms with Gasteiger partial charge in [0.25, 0.3) is 0 Å². The van der Waals surface area contributed by atoms with E-state index in [1.165, 1.54) is 13.8 Å². The number of carbonyl (C=O) groups is 2. The lowest BCUT2D eigenvalue weighted by molar-refractivity contribution is -0.241. The van der Waals surface area contributed by atoms with Crippen molar-refractivity contribution in [1.82, 2.24) is 0 Å². The van der Waals surface area contributed by atoms with Crippen LogP contribution in [-0.4, -0.2) is 71.0 Å². The van der Waals surface area contributed by atoms with Crippen LogP contribution in [0, 0.1) is 29.6 Å². The fourth-order valence-corrected chi connectivity index (χ4v) is 6.05. The summed E-state index contributed by atoms with van der Waals surface area (Å²) in [6, 6.07) is 0. The van der Waals surface area contributed by atoms with E-state index < -0.39 is 59.5 Å². The number of aliphatic hydroxyl groups is 2. The van der Waals surface area contributed by atoms with Crippen molar-refractivity contribution in [3.8, 4) is 0 Å². The summed E-state index contributed by atoms with van der Waals surface area (Å²) in [7, 11) is 1.62. The molecule has 2 heterocycles. The van der Waals surface area contributed by atoms with E-state index in [4.69, 9.17) is 18.9 Å². The second-order valence-corrected chi connectivity index (χ2v) is 12.2. The zero-order chi connectivity index (χ0) is 27.6. The highest BCUT2D eigenvalue weighted by Crippen LogP contribution is 2.37. The summed E-state index contributed by atoms with van der Waals surface area (Å²) in [6.07, 6.45) is -0.700. The Balaban J connectivity index is 2.45. The molecule has 8 nitrogen and oxygen atoms in total. The van der Waals surface area contributed by atoms with E-state index in [1.807, 2.05) is 27.7 Å². The van der Waals surface area contributed by atoms with Gasteiger partial charge in [0.2, 0.25) is 0 Å². The highest BCUT2D eigenvalue weighted by molar-refractivity contribution is 5.83. The van der Waals surface area contributed by atoms with Gasteiger partial charge in [-0.25, -0.2) is 0 Å². The number of cyclic esters (lactones) is 1. The Morgan fingerprint density at radius 1 is 0.944 bits per heavy atom. The molecule has 210 valence electrons. The Hall–Kier alpha value is -1.06. The molecule has 2 N–H and O–H groups in total. The molecular weight excluding hydrogens is 464 g/mol. The standard InChI is InChI=1S/C28H50O8/c1-15-11-18(4)34-22(12-15)36-24-17(3)14-27(8,33-10)13-16(2)23(29)19(5)25(30)28(9,32)21(7)35-26(31)20(24)6/h15-22,24-25,30,32H,11-14H2,1-10H3/t15?,16-,17-,18?,19?,20?,21-,22+,24+,25?,27-,28-/m1/s1. The maximum absolute atomic E-state index is 13.3. The predicted molar refractivity (Wildman–Crippen MR) is 136 cm³/mol. The average Bonchev–Trinajstić information content (AvgIpc) is 2.78. The number of ketones is 1. The van der Waals surface area contributed by atoms with Crippen LogP contribution in [0.25, 0.3) is 0 Å². The van der Waals surface area contributed by atoms with Crippen molar-refractivity contribution in [1.29, 1.82) is 0 Å². The fourth-order valence-electron chi connectivity index (χ4n) is 6.05. The van der Waals surface area contributed by atoms with E-state index in [2.05, 4.69) is 6.92 Å². The first-order valence-corrected chi connectivity index (χ1v) is 13.5. The van der Waals surface area contributed by atoms with Crippen molar-refractivity contribution in [2.24, 2.45) is 29.6 Å². The number of rotatable bonds is 3. The van der Waals surface area contributed by atoms with Crippen molar-refractivity contribution in [3.63, 3.8) is 0 Å². The van der Waals surface area contributed by atoms with Gasteiger partial charge in [-0.1, -0.05) is 27.7 Å². The first-order chi connectivity index (χ1) is 16.5. The minimum absolute atomic E-state index is 0.0597. The lowest BCUT2D eigenvalue weighted by atomic mass is 9.75. The molecule has 5 unspecified atom stereocenters. The summed E-state index contributed by atoms with van der Waals surface area (Å²) in [6.45, 7) is 16.3. The number of aliphatic hydroxyl groups excluding tert-OH is 1. The first-order valence-electron chi connectivity index (χ1n) is 13.5. The summed E-state index contributed by atoms with van der Waals surface area (Å²) in [5, 5.41) is 22.1. The molecule has 0 saturated carbocycles. The van der Waals surface area contributed by atoms with Gasteiger partial charge >= 0.3 is 5.97 Å². The number of Topliss-reactive ketones (excluding diaryl/α,β-unsaturated/α-hetero) is 1. The molecule has 0 radical (unpaired) electrons. The third-order valence-electron chi connectivity index (χ3n) is 8.55. The van der Waals surface area contributed by atoms with Crippen LogP contribution in [0.5, 0.6) is 0 Å². The molecular formula is C28H50O8. The topological polar surface area (TPSA) is 112 Å². The van der Waals surface area contributed by atoms with Crippen LogP contribution in [-0.2, 0) is 28.5 Å². The predicted octanol–water partition coefficient (Wildman–Crippen LogP) is 3.89. The Morgan fingerprint density at radius 2 is 1.56 bits per heavy atom. The van der Waals surface area contributed by atoms with Crippen LogP contribution < -0.4 is 0 Å². The smallest absolute Gasteiger partial charge is 0.311 e. The lowest BCUT2D eigenvalue weighted by Gasteiger charge is -2.42. The molecule has 12 atom stereocenters.